The lowest BCUT2D eigenvalue weighted by atomic mass is 9.93. The van der Waals surface area contributed by atoms with Crippen molar-refractivity contribution in [3.05, 3.63) is 96.1 Å². The average molecular weight is 392 g/mol. The number of rotatable bonds is 5. The maximum absolute atomic E-state index is 13.2. The second kappa shape index (κ2) is 7.45. The highest BCUT2D eigenvalue weighted by atomic mass is 32.2. The Morgan fingerprint density at radius 2 is 1.26 bits per heavy atom. The molecule has 0 aliphatic carbocycles. The fraction of sp³-hybridized carbons (Fsp3) is 0.174. The van der Waals surface area contributed by atoms with Crippen molar-refractivity contribution in [1.82, 2.24) is 4.90 Å². The van der Waals surface area contributed by atoms with Gasteiger partial charge in [-0.15, -0.1) is 0 Å². The number of β-lactam (4-membered cyclic amide) rings is 1. The second-order valence-corrected chi connectivity index (χ2v) is 9.62. The monoisotopic (exact) mass is 391 g/mol. The zero-order valence-electron chi connectivity index (χ0n) is 15.3. The largest absolute Gasteiger partial charge is 0.334 e. The highest BCUT2D eigenvalue weighted by molar-refractivity contribution is 8.19. The van der Waals surface area contributed by atoms with Gasteiger partial charge in [0.1, 0.15) is 0 Å². The van der Waals surface area contributed by atoms with Crippen LogP contribution < -0.4 is 0 Å². The maximum Gasteiger partial charge on any atom is 0.252 e. The molecule has 4 rings (SSSR count). The number of aryl methyl sites for hydroxylation is 1. The van der Waals surface area contributed by atoms with E-state index in [4.69, 9.17) is 0 Å². The van der Waals surface area contributed by atoms with Crippen LogP contribution in [0.1, 0.15) is 17.2 Å². The Bertz CT molecular complexity index is 884. The highest BCUT2D eigenvalue weighted by Gasteiger charge is 2.61. The van der Waals surface area contributed by atoms with E-state index in [2.05, 4.69) is 55.5 Å². The number of thioether (sulfide) groups is 2. The number of likely N-dealkylation sites (tertiary alicyclic amines) is 1. The highest BCUT2D eigenvalue weighted by Crippen LogP contribution is 2.61. The first-order chi connectivity index (χ1) is 13.1. The van der Waals surface area contributed by atoms with Crippen molar-refractivity contribution < 1.29 is 4.79 Å². The summed E-state index contributed by atoms with van der Waals surface area (Å²) >= 11 is 3.33. The van der Waals surface area contributed by atoms with Crippen molar-refractivity contribution in [2.45, 2.75) is 26.8 Å². The molecule has 1 saturated heterocycles. The first kappa shape index (κ1) is 18.2. The topological polar surface area (TPSA) is 20.3 Å². The number of hydrogen-bond acceptors (Lipinski definition) is 3. The second-order valence-electron chi connectivity index (χ2n) is 6.73. The summed E-state index contributed by atoms with van der Waals surface area (Å²) in [6, 6.07) is 29.0. The van der Waals surface area contributed by atoms with Gasteiger partial charge < -0.3 is 4.90 Å². The van der Waals surface area contributed by atoms with Crippen molar-refractivity contribution in [3.63, 3.8) is 0 Å². The number of nitrogens with zero attached hydrogens (tertiary/aromatic N) is 1. The molecule has 4 heteroatoms. The van der Waals surface area contributed by atoms with Crippen LogP contribution in [0, 0.1) is 6.92 Å². The summed E-state index contributed by atoms with van der Waals surface area (Å²) in [5, 5.41) is 0. The fourth-order valence-electron chi connectivity index (χ4n) is 3.41. The SMILES string of the molecule is Cc1ccc(C2N(C)C(=O)C2(Sc2ccccc2)Sc2ccccc2)cc1. The predicted molar refractivity (Wildman–Crippen MR) is 114 cm³/mol. The van der Waals surface area contributed by atoms with E-state index in [0.29, 0.717) is 0 Å². The first-order valence-electron chi connectivity index (χ1n) is 8.92. The van der Waals surface area contributed by atoms with Gasteiger partial charge in [0.15, 0.2) is 4.08 Å². The van der Waals surface area contributed by atoms with E-state index < -0.39 is 4.08 Å². The Morgan fingerprint density at radius 3 is 1.74 bits per heavy atom. The van der Waals surface area contributed by atoms with E-state index in [9.17, 15) is 4.79 Å². The molecular weight excluding hydrogens is 370 g/mol. The molecule has 0 aromatic heterocycles. The molecular formula is C23H21NOS2. The molecule has 1 unspecified atom stereocenters. The van der Waals surface area contributed by atoms with E-state index >= 15 is 0 Å². The average Bonchev–Trinajstić information content (AvgIpc) is 2.70. The van der Waals surface area contributed by atoms with Gasteiger partial charge in [-0.05, 0) is 36.8 Å². The van der Waals surface area contributed by atoms with Gasteiger partial charge in [0.2, 0.25) is 0 Å². The summed E-state index contributed by atoms with van der Waals surface area (Å²) in [7, 11) is 1.90. The molecule has 1 atom stereocenters. The smallest absolute Gasteiger partial charge is 0.252 e. The van der Waals surface area contributed by atoms with Gasteiger partial charge in [-0.3, -0.25) is 4.79 Å². The van der Waals surface area contributed by atoms with Crippen molar-refractivity contribution >= 4 is 29.4 Å². The lowest BCUT2D eigenvalue weighted by Gasteiger charge is -2.53. The molecule has 0 bridgehead atoms. The van der Waals surface area contributed by atoms with Crippen molar-refractivity contribution in [2.75, 3.05) is 7.05 Å². The van der Waals surface area contributed by atoms with E-state index in [-0.39, 0.29) is 11.9 Å². The lowest BCUT2D eigenvalue weighted by Crippen LogP contribution is -2.63. The minimum Gasteiger partial charge on any atom is -0.334 e. The van der Waals surface area contributed by atoms with Gasteiger partial charge in [-0.1, -0.05) is 89.8 Å². The molecule has 1 aliphatic rings. The number of amides is 1. The van der Waals surface area contributed by atoms with E-state index in [1.54, 1.807) is 23.5 Å². The standard InChI is InChI=1S/C23H21NOS2/c1-17-13-15-18(16-14-17)21-23(22(25)24(21)2,26-19-9-5-3-6-10-19)27-20-11-7-4-8-12-20/h3-16,21H,1-2H3. The minimum atomic E-state index is -0.604. The molecule has 0 N–H and O–H groups in total. The van der Waals surface area contributed by atoms with E-state index in [1.165, 1.54) is 11.1 Å². The Labute approximate surface area is 169 Å². The summed E-state index contributed by atoms with van der Waals surface area (Å²) in [6.45, 7) is 2.09. The summed E-state index contributed by atoms with van der Waals surface area (Å²) in [5.74, 6) is 0.163. The first-order valence-corrected chi connectivity index (χ1v) is 10.6. The van der Waals surface area contributed by atoms with Gasteiger partial charge >= 0.3 is 0 Å². The maximum atomic E-state index is 13.2. The molecule has 3 aromatic rings. The summed E-state index contributed by atoms with van der Waals surface area (Å²) in [6.07, 6.45) is 0. The third-order valence-corrected chi connectivity index (χ3v) is 7.70. The van der Waals surface area contributed by atoms with Crippen LogP contribution in [0.25, 0.3) is 0 Å². The van der Waals surface area contributed by atoms with Gasteiger partial charge in [-0.2, -0.15) is 0 Å². The Morgan fingerprint density at radius 1 is 0.778 bits per heavy atom. The van der Waals surface area contributed by atoms with Crippen LogP contribution >= 0.6 is 23.5 Å². The van der Waals surface area contributed by atoms with Crippen LogP contribution in [0.2, 0.25) is 0 Å². The molecule has 1 aliphatic heterocycles. The molecule has 2 nitrogen and oxygen atoms in total. The zero-order valence-corrected chi connectivity index (χ0v) is 17.0. The molecule has 27 heavy (non-hydrogen) atoms. The Kier molecular flexibility index (Phi) is 5.02. The molecule has 1 fully saturated rings. The zero-order chi connectivity index (χ0) is 18.9. The van der Waals surface area contributed by atoms with Crippen LogP contribution in [0.5, 0.6) is 0 Å². The van der Waals surface area contributed by atoms with Crippen molar-refractivity contribution in [1.29, 1.82) is 0 Å². The summed E-state index contributed by atoms with van der Waals surface area (Å²) < 4.78 is -0.604. The normalized spacial score (nSPS) is 18.2. The third kappa shape index (κ3) is 3.40. The van der Waals surface area contributed by atoms with Crippen LogP contribution in [0.15, 0.2) is 94.7 Å². The molecule has 1 heterocycles. The molecule has 1 amide bonds. The fourth-order valence-corrected chi connectivity index (χ4v) is 6.71. The van der Waals surface area contributed by atoms with Crippen LogP contribution in [0.4, 0.5) is 0 Å². The van der Waals surface area contributed by atoms with Gasteiger partial charge in [-0.25, -0.2) is 0 Å². The van der Waals surface area contributed by atoms with Crippen LogP contribution in [-0.4, -0.2) is 21.9 Å². The number of hydrogen-bond donors (Lipinski definition) is 0. The summed E-state index contributed by atoms with van der Waals surface area (Å²) in [5.41, 5.74) is 2.40. The number of carbonyl (C=O) groups excluding carboxylic acids is 1. The molecule has 136 valence electrons. The van der Waals surface area contributed by atoms with E-state index in [0.717, 1.165) is 9.79 Å². The molecule has 3 aromatic carbocycles. The number of benzene rings is 3. The Balaban J connectivity index is 1.77. The molecule has 0 spiro atoms. The Hall–Kier alpha value is -2.17. The van der Waals surface area contributed by atoms with Crippen molar-refractivity contribution in [3.8, 4) is 0 Å². The van der Waals surface area contributed by atoms with Gasteiger partial charge in [0.25, 0.3) is 5.91 Å². The van der Waals surface area contributed by atoms with Gasteiger partial charge in [0, 0.05) is 16.8 Å². The quantitative estimate of drug-likeness (QED) is 0.406. The minimum absolute atomic E-state index is 0.0148. The third-order valence-electron chi connectivity index (χ3n) is 4.78. The van der Waals surface area contributed by atoms with Gasteiger partial charge in [0.05, 0.1) is 6.04 Å². The van der Waals surface area contributed by atoms with Crippen LogP contribution in [-0.2, 0) is 4.79 Å². The number of carbonyl (C=O) groups is 1. The molecule has 0 saturated carbocycles. The van der Waals surface area contributed by atoms with E-state index in [1.807, 2.05) is 48.3 Å². The lowest BCUT2D eigenvalue weighted by molar-refractivity contribution is -0.144. The predicted octanol–water partition coefficient (Wildman–Crippen LogP) is 5.79. The van der Waals surface area contributed by atoms with Crippen molar-refractivity contribution in [2.24, 2.45) is 0 Å². The molecule has 0 radical (unpaired) electrons. The van der Waals surface area contributed by atoms with Crippen LogP contribution in [0.3, 0.4) is 0 Å². The summed E-state index contributed by atoms with van der Waals surface area (Å²) in [4.78, 5) is 17.3.